The van der Waals surface area contributed by atoms with Crippen molar-refractivity contribution in [3.63, 3.8) is 0 Å². The molecule has 1 heterocycles. The van der Waals surface area contributed by atoms with E-state index in [1.807, 2.05) is 19.9 Å². The van der Waals surface area contributed by atoms with E-state index in [9.17, 15) is 0 Å². The summed E-state index contributed by atoms with van der Waals surface area (Å²) in [7, 11) is 0. The van der Waals surface area contributed by atoms with E-state index in [-0.39, 0.29) is 0 Å². The van der Waals surface area contributed by atoms with Crippen molar-refractivity contribution < 1.29 is 4.74 Å². The summed E-state index contributed by atoms with van der Waals surface area (Å²) in [5.74, 6) is 0.676. The summed E-state index contributed by atoms with van der Waals surface area (Å²) in [5.41, 5.74) is 8.57. The third kappa shape index (κ3) is 2.74. The zero-order valence-electron chi connectivity index (χ0n) is 9.57. The number of aromatic nitrogens is 2. The Morgan fingerprint density at radius 3 is 2.41 bits per heavy atom. The van der Waals surface area contributed by atoms with Gasteiger partial charge in [-0.1, -0.05) is 6.07 Å². The van der Waals surface area contributed by atoms with Gasteiger partial charge in [0.05, 0.1) is 4.47 Å². The predicted molar refractivity (Wildman–Crippen MR) is 70.1 cm³/mol. The smallest absolute Gasteiger partial charge is 0.321 e. The topological polar surface area (TPSA) is 61.0 Å². The van der Waals surface area contributed by atoms with E-state index in [1.165, 1.54) is 0 Å². The molecular weight excluding hydrogens is 282 g/mol. The van der Waals surface area contributed by atoms with Crippen LogP contribution >= 0.6 is 15.9 Å². The molecule has 0 atom stereocenters. The predicted octanol–water partition coefficient (Wildman–Crippen LogP) is 3.23. The minimum Gasteiger partial charge on any atom is -0.424 e. The first kappa shape index (κ1) is 11.9. The Balaban J connectivity index is 2.30. The second-order valence-electron chi connectivity index (χ2n) is 3.76. The number of nitrogens with zero attached hydrogens (tertiary/aromatic N) is 2. The molecule has 4 nitrogen and oxygen atoms in total. The van der Waals surface area contributed by atoms with Crippen molar-refractivity contribution in [2.75, 3.05) is 5.73 Å². The largest absolute Gasteiger partial charge is 0.424 e. The number of ether oxygens (including phenoxy) is 1. The fourth-order valence-corrected chi connectivity index (χ4v) is 1.61. The maximum atomic E-state index is 5.84. The van der Waals surface area contributed by atoms with Crippen LogP contribution in [0.25, 0.3) is 0 Å². The van der Waals surface area contributed by atoms with Crippen LogP contribution in [0.5, 0.6) is 11.8 Å². The number of aryl methyl sites for hydroxylation is 2. The average molecular weight is 294 g/mol. The van der Waals surface area contributed by atoms with Crippen LogP contribution in [0, 0.1) is 13.8 Å². The van der Waals surface area contributed by atoms with Gasteiger partial charge in [-0.3, -0.25) is 0 Å². The first-order chi connectivity index (χ1) is 8.06. The van der Waals surface area contributed by atoms with E-state index < -0.39 is 0 Å². The molecule has 0 saturated heterocycles. The highest BCUT2D eigenvalue weighted by molar-refractivity contribution is 9.10. The molecule has 1 aromatic carbocycles. The molecule has 0 saturated carbocycles. The fraction of sp³-hybridized carbons (Fsp3) is 0.167. The van der Waals surface area contributed by atoms with Gasteiger partial charge in [0, 0.05) is 24.1 Å². The van der Waals surface area contributed by atoms with Crippen molar-refractivity contribution in [3.05, 3.63) is 40.1 Å². The SMILES string of the molecule is Cc1cc(C)c(Oc2ncc(Br)cn2)cc1N. The third-order valence-corrected chi connectivity index (χ3v) is 2.77. The Kier molecular flexibility index (Phi) is 3.28. The second-order valence-corrected chi connectivity index (χ2v) is 4.68. The summed E-state index contributed by atoms with van der Waals surface area (Å²) in [4.78, 5) is 8.09. The molecule has 0 aliphatic carbocycles. The molecule has 2 N–H and O–H groups in total. The van der Waals surface area contributed by atoms with Crippen molar-refractivity contribution in [1.82, 2.24) is 9.97 Å². The van der Waals surface area contributed by atoms with Crippen LogP contribution in [-0.2, 0) is 0 Å². The summed E-state index contributed by atoms with van der Waals surface area (Å²) in [6, 6.07) is 4.07. The molecule has 0 spiro atoms. The van der Waals surface area contributed by atoms with Gasteiger partial charge < -0.3 is 10.5 Å². The van der Waals surface area contributed by atoms with Crippen molar-refractivity contribution in [1.29, 1.82) is 0 Å². The molecule has 0 radical (unpaired) electrons. The summed E-state index contributed by atoms with van der Waals surface area (Å²) in [5, 5.41) is 0. The molecule has 0 unspecified atom stereocenters. The summed E-state index contributed by atoms with van der Waals surface area (Å²) < 4.78 is 6.39. The van der Waals surface area contributed by atoms with E-state index in [0.29, 0.717) is 17.4 Å². The molecule has 1 aromatic heterocycles. The zero-order chi connectivity index (χ0) is 12.4. The van der Waals surface area contributed by atoms with Crippen LogP contribution in [0.15, 0.2) is 29.0 Å². The second kappa shape index (κ2) is 4.71. The Hall–Kier alpha value is -1.62. The summed E-state index contributed by atoms with van der Waals surface area (Å²) >= 11 is 3.27. The maximum absolute atomic E-state index is 5.84. The van der Waals surface area contributed by atoms with E-state index in [1.54, 1.807) is 18.5 Å². The molecule has 0 amide bonds. The molecule has 2 rings (SSSR count). The fourth-order valence-electron chi connectivity index (χ4n) is 1.41. The van der Waals surface area contributed by atoms with Crippen LogP contribution in [-0.4, -0.2) is 9.97 Å². The van der Waals surface area contributed by atoms with Gasteiger partial charge in [-0.15, -0.1) is 0 Å². The lowest BCUT2D eigenvalue weighted by Crippen LogP contribution is -1.96. The zero-order valence-corrected chi connectivity index (χ0v) is 11.2. The van der Waals surface area contributed by atoms with Gasteiger partial charge in [-0.25, -0.2) is 9.97 Å². The van der Waals surface area contributed by atoms with Gasteiger partial charge >= 0.3 is 6.01 Å². The molecule has 5 heteroatoms. The van der Waals surface area contributed by atoms with Gasteiger partial charge in [0.15, 0.2) is 0 Å². The summed E-state index contributed by atoms with van der Waals surface area (Å²) in [6.45, 7) is 3.92. The highest BCUT2D eigenvalue weighted by atomic mass is 79.9. The van der Waals surface area contributed by atoms with E-state index in [2.05, 4.69) is 25.9 Å². The van der Waals surface area contributed by atoms with Crippen molar-refractivity contribution in [2.45, 2.75) is 13.8 Å². The maximum Gasteiger partial charge on any atom is 0.321 e. The molecule has 0 aliphatic heterocycles. The quantitative estimate of drug-likeness (QED) is 0.864. The van der Waals surface area contributed by atoms with Gasteiger partial charge in [0.25, 0.3) is 0 Å². The minimum absolute atomic E-state index is 0.305. The molecule has 17 heavy (non-hydrogen) atoms. The standard InChI is InChI=1S/C12H12BrN3O/c1-7-3-8(2)11(4-10(7)14)17-12-15-5-9(13)6-16-12/h3-6H,14H2,1-2H3. The number of halogens is 1. The molecule has 0 aliphatic rings. The van der Waals surface area contributed by atoms with Crippen LogP contribution in [0.4, 0.5) is 5.69 Å². The molecule has 0 fully saturated rings. The monoisotopic (exact) mass is 293 g/mol. The normalized spacial score (nSPS) is 10.3. The van der Waals surface area contributed by atoms with Gasteiger partial charge in [0.1, 0.15) is 5.75 Å². The van der Waals surface area contributed by atoms with E-state index in [0.717, 1.165) is 15.6 Å². The molecule has 88 valence electrons. The lowest BCUT2D eigenvalue weighted by Gasteiger charge is -2.09. The lowest BCUT2D eigenvalue weighted by molar-refractivity contribution is 0.438. The van der Waals surface area contributed by atoms with Gasteiger partial charge in [-0.05, 0) is 40.9 Å². The minimum atomic E-state index is 0.305. The average Bonchev–Trinajstić information content (AvgIpc) is 2.29. The third-order valence-electron chi connectivity index (χ3n) is 2.36. The number of nitrogens with two attached hydrogens (primary N) is 1. The van der Waals surface area contributed by atoms with Crippen LogP contribution in [0.3, 0.4) is 0 Å². The first-order valence-corrected chi connectivity index (χ1v) is 5.87. The first-order valence-electron chi connectivity index (χ1n) is 5.08. The number of benzene rings is 1. The number of anilines is 1. The van der Waals surface area contributed by atoms with Crippen molar-refractivity contribution in [3.8, 4) is 11.8 Å². The Bertz CT molecular complexity index is 540. The van der Waals surface area contributed by atoms with Crippen molar-refractivity contribution in [2.24, 2.45) is 0 Å². The van der Waals surface area contributed by atoms with Crippen LogP contribution < -0.4 is 10.5 Å². The van der Waals surface area contributed by atoms with Gasteiger partial charge in [-0.2, -0.15) is 0 Å². The Labute approximate surface area is 108 Å². The number of rotatable bonds is 2. The van der Waals surface area contributed by atoms with Crippen LogP contribution in [0.1, 0.15) is 11.1 Å². The van der Waals surface area contributed by atoms with Gasteiger partial charge in [0.2, 0.25) is 0 Å². The highest BCUT2D eigenvalue weighted by Crippen LogP contribution is 2.27. The number of nitrogen functional groups attached to an aromatic ring is 1. The summed E-state index contributed by atoms with van der Waals surface area (Å²) in [6.07, 6.45) is 3.27. The molecule has 0 bridgehead atoms. The number of hydrogen-bond donors (Lipinski definition) is 1. The molecule has 2 aromatic rings. The Morgan fingerprint density at radius 2 is 1.76 bits per heavy atom. The lowest BCUT2D eigenvalue weighted by atomic mass is 10.1. The molecular formula is C12H12BrN3O. The van der Waals surface area contributed by atoms with E-state index in [4.69, 9.17) is 10.5 Å². The van der Waals surface area contributed by atoms with E-state index >= 15 is 0 Å². The number of hydrogen-bond acceptors (Lipinski definition) is 4. The van der Waals surface area contributed by atoms with Crippen molar-refractivity contribution >= 4 is 21.6 Å². The highest BCUT2D eigenvalue weighted by Gasteiger charge is 2.06. The Morgan fingerprint density at radius 1 is 1.12 bits per heavy atom. The van der Waals surface area contributed by atoms with Crippen LogP contribution in [0.2, 0.25) is 0 Å².